The Labute approximate surface area is 107 Å². The van der Waals surface area contributed by atoms with Crippen molar-refractivity contribution >= 4 is 11.8 Å². The molecule has 5 heteroatoms. The summed E-state index contributed by atoms with van der Waals surface area (Å²) in [6.07, 6.45) is 3.49. The van der Waals surface area contributed by atoms with E-state index in [0.717, 1.165) is 6.42 Å². The highest BCUT2D eigenvalue weighted by molar-refractivity contribution is 5.88. The molecule has 100 valence electrons. The summed E-state index contributed by atoms with van der Waals surface area (Å²) in [5, 5.41) is 9.45. The van der Waals surface area contributed by atoms with Gasteiger partial charge < -0.3 is 9.84 Å². The molecule has 1 saturated carbocycles. The van der Waals surface area contributed by atoms with Gasteiger partial charge >= 0.3 is 6.03 Å². The van der Waals surface area contributed by atoms with E-state index in [1.807, 2.05) is 0 Å². The Morgan fingerprint density at radius 1 is 1.44 bits per heavy atom. The fourth-order valence-corrected chi connectivity index (χ4v) is 2.53. The summed E-state index contributed by atoms with van der Waals surface area (Å²) in [6.45, 7) is 6.24. The van der Waals surface area contributed by atoms with Gasteiger partial charge in [-0.15, -0.1) is 0 Å². The first-order valence-corrected chi connectivity index (χ1v) is 6.57. The maximum absolute atomic E-state index is 11.8. The normalized spacial score (nSPS) is 27.8. The topological polar surface area (TPSA) is 67.2 Å². The first kappa shape index (κ1) is 12.9. The summed E-state index contributed by atoms with van der Waals surface area (Å²) in [5.74, 6) is 2.33. The summed E-state index contributed by atoms with van der Waals surface area (Å²) in [7, 11) is 0. The number of aromatic nitrogens is 1. The number of amides is 2. The Morgan fingerprint density at radius 2 is 2.22 bits per heavy atom. The third-order valence-electron chi connectivity index (χ3n) is 3.89. The van der Waals surface area contributed by atoms with Gasteiger partial charge in [0.25, 0.3) is 0 Å². The van der Waals surface area contributed by atoms with E-state index in [4.69, 9.17) is 4.52 Å². The van der Waals surface area contributed by atoms with Crippen LogP contribution in [0.2, 0.25) is 0 Å². The maximum Gasteiger partial charge on any atom is 0.320 e. The zero-order valence-electron chi connectivity index (χ0n) is 11.2. The molecule has 1 aromatic heterocycles. The highest BCUT2D eigenvalue weighted by Crippen LogP contribution is 2.29. The van der Waals surface area contributed by atoms with E-state index in [9.17, 15) is 4.79 Å². The first-order valence-electron chi connectivity index (χ1n) is 6.57. The smallest absolute Gasteiger partial charge is 0.320 e. The second kappa shape index (κ2) is 5.42. The number of hydrogen-bond acceptors (Lipinski definition) is 3. The van der Waals surface area contributed by atoms with Gasteiger partial charge in [0.1, 0.15) is 5.76 Å². The zero-order valence-corrected chi connectivity index (χ0v) is 11.2. The SMILES string of the molecule is Cc1cc(NC(=O)N[C@@H]2CCC[C@H](C)[C@@H]2C)no1. The van der Waals surface area contributed by atoms with Crippen LogP contribution in [0.25, 0.3) is 0 Å². The van der Waals surface area contributed by atoms with Gasteiger partial charge in [0.15, 0.2) is 5.82 Å². The van der Waals surface area contributed by atoms with Gasteiger partial charge in [-0.3, -0.25) is 5.32 Å². The third-order valence-corrected chi connectivity index (χ3v) is 3.89. The largest absolute Gasteiger partial charge is 0.360 e. The summed E-state index contributed by atoms with van der Waals surface area (Å²) < 4.78 is 4.90. The fourth-order valence-electron chi connectivity index (χ4n) is 2.53. The lowest BCUT2D eigenvalue weighted by molar-refractivity contribution is 0.201. The molecule has 0 unspecified atom stereocenters. The number of hydrogen-bond donors (Lipinski definition) is 2. The molecule has 0 spiro atoms. The lowest BCUT2D eigenvalue weighted by Gasteiger charge is -2.34. The van der Waals surface area contributed by atoms with Crippen LogP contribution in [0.1, 0.15) is 38.9 Å². The Kier molecular flexibility index (Phi) is 3.89. The quantitative estimate of drug-likeness (QED) is 0.849. The second-order valence-electron chi connectivity index (χ2n) is 5.30. The lowest BCUT2D eigenvalue weighted by Crippen LogP contribution is -2.45. The number of carbonyl (C=O) groups excluding carboxylic acids is 1. The predicted octanol–water partition coefficient (Wildman–Crippen LogP) is 2.93. The Morgan fingerprint density at radius 3 is 2.89 bits per heavy atom. The molecular weight excluding hydrogens is 230 g/mol. The highest BCUT2D eigenvalue weighted by atomic mass is 16.5. The Balaban J connectivity index is 1.87. The van der Waals surface area contributed by atoms with Crippen molar-refractivity contribution in [2.75, 3.05) is 5.32 Å². The van der Waals surface area contributed by atoms with Gasteiger partial charge in [0.05, 0.1) is 0 Å². The Hall–Kier alpha value is -1.52. The van der Waals surface area contributed by atoms with Crippen molar-refractivity contribution in [3.63, 3.8) is 0 Å². The van der Waals surface area contributed by atoms with Crippen LogP contribution in [0.5, 0.6) is 0 Å². The maximum atomic E-state index is 11.8. The summed E-state index contributed by atoms with van der Waals surface area (Å²) in [5.41, 5.74) is 0. The average molecular weight is 251 g/mol. The van der Waals surface area contributed by atoms with Crippen LogP contribution >= 0.6 is 0 Å². The van der Waals surface area contributed by atoms with Gasteiger partial charge in [-0.2, -0.15) is 0 Å². The fraction of sp³-hybridized carbons (Fsp3) is 0.692. The molecule has 2 rings (SSSR count). The van der Waals surface area contributed by atoms with Crippen molar-refractivity contribution in [1.29, 1.82) is 0 Å². The molecule has 5 nitrogen and oxygen atoms in total. The number of anilines is 1. The lowest BCUT2D eigenvalue weighted by atomic mass is 9.78. The van der Waals surface area contributed by atoms with Gasteiger partial charge in [-0.1, -0.05) is 31.8 Å². The van der Waals surface area contributed by atoms with E-state index in [2.05, 4.69) is 29.6 Å². The molecule has 0 saturated heterocycles. The second-order valence-corrected chi connectivity index (χ2v) is 5.30. The van der Waals surface area contributed by atoms with Crippen LogP contribution in [0.15, 0.2) is 10.6 Å². The number of rotatable bonds is 2. The van der Waals surface area contributed by atoms with E-state index in [1.54, 1.807) is 13.0 Å². The number of aryl methyl sites for hydroxylation is 1. The molecule has 0 bridgehead atoms. The minimum atomic E-state index is -0.200. The predicted molar refractivity (Wildman–Crippen MR) is 69.4 cm³/mol. The summed E-state index contributed by atoms with van der Waals surface area (Å²) in [4.78, 5) is 11.8. The molecule has 0 radical (unpaired) electrons. The average Bonchev–Trinajstić information content (AvgIpc) is 2.70. The van der Waals surface area contributed by atoms with E-state index in [-0.39, 0.29) is 12.1 Å². The monoisotopic (exact) mass is 251 g/mol. The van der Waals surface area contributed by atoms with Crippen LogP contribution in [0.4, 0.5) is 10.6 Å². The molecule has 18 heavy (non-hydrogen) atoms. The van der Waals surface area contributed by atoms with Gasteiger partial charge in [0.2, 0.25) is 0 Å². The molecular formula is C13H21N3O2. The molecule has 1 aliphatic carbocycles. The molecule has 0 aliphatic heterocycles. The van der Waals surface area contributed by atoms with Gasteiger partial charge in [0, 0.05) is 12.1 Å². The van der Waals surface area contributed by atoms with Crippen molar-refractivity contribution in [1.82, 2.24) is 10.5 Å². The van der Waals surface area contributed by atoms with E-state index in [1.165, 1.54) is 12.8 Å². The van der Waals surface area contributed by atoms with Crippen molar-refractivity contribution in [2.24, 2.45) is 11.8 Å². The van der Waals surface area contributed by atoms with Crippen LogP contribution in [-0.2, 0) is 0 Å². The minimum Gasteiger partial charge on any atom is -0.360 e. The van der Waals surface area contributed by atoms with E-state index < -0.39 is 0 Å². The van der Waals surface area contributed by atoms with Gasteiger partial charge in [-0.25, -0.2) is 4.79 Å². The number of nitrogens with one attached hydrogen (secondary N) is 2. The molecule has 1 aliphatic rings. The molecule has 1 fully saturated rings. The van der Waals surface area contributed by atoms with E-state index >= 15 is 0 Å². The van der Waals surface area contributed by atoms with Crippen molar-refractivity contribution in [3.8, 4) is 0 Å². The first-order chi connectivity index (χ1) is 8.56. The number of nitrogens with zero attached hydrogens (tertiary/aromatic N) is 1. The van der Waals surface area contributed by atoms with Crippen LogP contribution in [-0.4, -0.2) is 17.2 Å². The molecule has 1 heterocycles. The van der Waals surface area contributed by atoms with Crippen molar-refractivity contribution in [2.45, 2.75) is 46.1 Å². The molecule has 2 amide bonds. The standard InChI is InChI=1S/C13H21N3O2/c1-8-5-4-6-11(10(8)3)14-13(17)15-12-7-9(2)18-16-12/h7-8,10-11H,4-6H2,1-3H3,(H2,14,15,16,17)/t8-,10-,11+/m0/s1. The molecule has 2 N–H and O–H groups in total. The van der Waals surface area contributed by atoms with Gasteiger partial charge in [-0.05, 0) is 25.2 Å². The number of urea groups is 1. The summed E-state index contributed by atoms with van der Waals surface area (Å²) >= 11 is 0. The third kappa shape index (κ3) is 3.03. The van der Waals surface area contributed by atoms with Crippen LogP contribution < -0.4 is 10.6 Å². The molecule has 1 aromatic rings. The van der Waals surface area contributed by atoms with Crippen LogP contribution in [0, 0.1) is 18.8 Å². The Bertz CT molecular complexity index is 416. The van der Waals surface area contributed by atoms with Crippen molar-refractivity contribution < 1.29 is 9.32 Å². The molecule has 0 aromatic carbocycles. The minimum absolute atomic E-state index is 0.200. The van der Waals surface area contributed by atoms with Crippen LogP contribution in [0.3, 0.4) is 0 Å². The zero-order chi connectivity index (χ0) is 13.1. The number of carbonyl (C=O) groups is 1. The highest BCUT2D eigenvalue weighted by Gasteiger charge is 2.28. The van der Waals surface area contributed by atoms with Crippen molar-refractivity contribution in [3.05, 3.63) is 11.8 Å². The van der Waals surface area contributed by atoms with E-state index in [0.29, 0.717) is 23.4 Å². The molecule has 3 atom stereocenters. The summed E-state index contributed by atoms with van der Waals surface area (Å²) in [6, 6.07) is 1.75.